The van der Waals surface area contributed by atoms with Gasteiger partial charge >= 0.3 is 77.8 Å². The number of allylic oxidation sites excluding steroid dienone is 2. The Morgan fingerprint density at radius 3 is 1.17 bits per heavy atom. The number of likely N-dealkylation sites (tertiary alicyclic amines) is 6. The number of carboxylic acid groups (broad SMARTS) is 2. The first-order valence-corrected chi connectivity index (χ1v) is 39.2. The Hall–Kier alpha value is -6.63. The fourth-order valence-corrected chi connectivity index (χ4v) is 13.3. The minimum absolute atomic E-state index is 0. The second-order valence-electron chi connectivity index (χ2n) is 32.5. The molecule has 6 heterocycles. The Kier molecular flexibility index (Phi) is 58.6. The van der Waals surface area contributed by atoms with E-state index in [1.807, 2.05) is 116 Å². The monoisotopic (exact) mass is 1640 g/mol. The van der Waals surface area contributed by atoms with Crippen molar-refractivity contribution in [1.82, 2.24) is 40.9 Å². The summed E-state index contributed by atoms with van der Waals surface area (Å²) in [5.74, 6) is -1.96. The number of nitrogens with zero attached hydrogens (tertiary/aromatic N) is 6. The van der Waals surface area contributed by atoms with Gasteiger partial charge in [0.05, 0.1) is 45.0 Å². The third-order valence-electron chi connectivity index (χ3n) is 19.1. The molecule has 6 fully saturated rings. The summed E-state index contributed by atoms with van der Waals surface area (Å²) < 4.78 is 35.5. The van der Waals surface area contributed by atoms with Gasteiger partial charge < -0.3 is 105 Å². The number of rotatable bonds is 13. The summed E-state index contributed by atoms with van der Waals surface area (Å²) in [6.45, 7) is 34.3. The number of methoxy groups -OCH3 is 3. The molecular weight excluding hydrogens is 1490 g/mol. The molecule has 0 unspecified atom stereocenters. The van der Waals surface area contributed by atoms with Crippen molar-refractivity contribution in [3.8, 4) is 0 Å². The molecule has 11 N–H and O–H groups in total. The average Bonchev–Trinajstić information content (AvgIpc) is 1.29. The Morgan fingerprint density at radius 2 is 0.825 bits per heavy atom. The molecule has 0 radical (unpaired) electrons. The zero-order valence-corrected chi connectivity index (χ0v) is 73.6. The molecule has 1 aliphatic carbocycles. The first-order valence-electron chi connectivity index (χ1n) is 39.2. The van der Waals surface area contributed by atoms with Crippen molar-refractivity contribution < 1.29 is 147 Å². The van der Waals surface area contributed by atoms with Crippen LogP contribution in [0.25, 0.3) is 0 Å². The van der Waals surface area contributed by atoms with E-state index in [0.717, 1.165) is 194 Å². The van der Waals surface area contributed by atoms with Crippen LogP contribution >= 0.6 is 0 Å². The fourth-order valence-electron chi connectivity index (χ4n) is 13.3. The summed E-state index contributed by atoms with van der Waals surface area (Å²) >= 11 is 0. The van der Waals surface area contributed by atoms with Gasteiger partial charge in [0.25, 0.3) is 6.47 Å². The summed E-state index contributed by atoms with van der Waals surface area (Å²) in [5, 5.41) is 35.2. The molecule has 5 atom stereocenters. The van der Waals surface area contributed by atoms with E-state index >= 15 is 0 Å². The molecule has 1 aromatic rings. The first kappa shape index (κ1) is 112. The van der Waals surface area contributed by atoms with Crippen LogP contribution in [-0.4, -0.2) is 269 Å². The molecule has 0 bridgehead atoms. The van der Waals surface area contributed by atoms with Crippen molar-refractivity contribution in [2.45, 2.75) is 271 Å². The normalized spacial score (nSPS) is 20.0. The van der Waals surface area contributed by atoms with Crippen LogP contribution in [0.4, 0.5) is 19.2 Å². The van der Waals surface area contributed by atoms with Crippen LogP contribution in [0.1, 0.15) is 230 Å². The largest absolute Gasteiger partial charge is 1.00 e. The number of ether oxygens (including phenoxy) is 7. The second kappa shape index (κ2) is 59.9. The molecule has 6 aliphatic heterocycles. The summed E-state index contributed by atoms with van der Waals surface area (Å²) in [7, 11) is 4.12. The maximum atomic E-state index is 12.2. The van der Waals surface area contributed by atoms with Crippen molar-refractivity contribution in [3.05, 3.63) is 48.0 Å². The molecule has 33 nitrogen and oxygen atoms in total. The van der Waals surface area contributed by atoms with Crippen LogP contribution in [0, 0.1) is 23.7 Å². The molecule has 34 heteroatoms. The number of nitrogens with one attached hydrogen (secondary N) is 1. The van der Waals surface area contributed by atoms with Gasteiger partial charge in [-0.1, -0.05) is 47.5 Å². The summed E-state index contributed by atoms with van der Waals surface area (Å²) in [4.78, 5) is 133. The predicted molar refractivity (Wildman–Crippen MR) is 425 cm³/mol. The van der Waals surface area contributed by atoms with Crippen molar-refractivity contribution >= 4 is 67.3 Å². The third kappa shape index (κ3) is 49.4. The molecule has 652 valence electrons. The Balaban J connectivity index is -0.00000130. The predicted octanol–water partition coefficient (Wildman–Crippen LogP) is 8.81. The van der Waals surface area contributed by atoms with Crippen molar-refractivity contribution in [3.63, 3.8) is 0 Å². The van der Waals surface area contributed by atoms with E-state index in [-0.39, 0.29) is 121 Å². The zero-order chi connectivity index (χ0) is 83.9. The number of amides is 4. The molecule has 0 spiro atoms. The zero-order valence-electron chi connectivity index (χ0n) is 71.6. The standard InChI is InChI=1S/C19H30N2O2.C18H32N2O4.C17H30N2O4.C11H22N2O2.C7H10O4.C7H10O2.CH2O2.H3N.Na.H2O3.H2O/c1-15(16-9-6-5-7-10-16)20-17-11-8-13-21(14-12-17)18(22)23-19(2,3)4;1-18(2,3)24-17(22)20-10-5-6-15(9-13-20)19-11-7-14(8-12-19)16(21)23-4;1-17(2,3)23-16(22)19-9-4-5-14(8-12-19)18-10-6-13(7-11-18)15(20)21;1-11(2,3)15-10(14)13-7-4-5-9(12)6-8-13;1-11-7(10)6(2-4-8)3-5-9;1-9-7(8)6-4-2-3-5-6;2-1-3;;;1-3-2;/h5-7,9-10,15,17,20H,8,11-14H2,1-4H3;14-15H,5-13H2,1-4H3;13-14H,4-12H2,1-3H3,(H,20,21);9H,4-8,12H2,1-3H3;4-6H,2-3H2,1H3;2-3,6H,4-5H2,1H3;1H,(H,2,3);1H3;;1-2H;1H2/q;;;;;;;;+1;;/p-1/t15-,17-;15-;14-;9-;;;;;;;/m1111......./s1. The van der Waals surface area contributed by atoms with E-state index in [4.69, 9.17) is 54.9 Å². The SMILES string of the molecule is CC(C)(C)OC(=O)N1CCC[C@@H](N)CC1.CC(C)(C)OC(=O)N1CCC[C@@H](N2CCC(C(=O)O)CC2)CC1.COC(=O)C(CC=O)CC=O.COC(=O)C1CC=CC1.COC(=O)C1CCN([C@@H]2CCCN(C(=O)OC(C)(C)C)CC2)CC1.C[C@@H](N[C@@H]1CCCN(C(=O)OC(C)(C)C)CC1)c1ccccc1.N.O=CO.OOO.[Na+].[OH-]. The van der Waals surface area contributed by atoms with Crippen LogP contribution in [0.15, 0.2) is 42.5 Å². The van der Waals surface area contributed by atoms with Crippen LogP contribution in [0.2, 0.25) is 0 Å². The molecule has 6 saturated heterocycles. The first-order chi connectivity index (χ1) is 52.2. The summed E-state index contributed by atoms with van der Waals surface area (Å²) in [6, 6.07) is 12.5. The van der Waals surface area contributed by atoms with Crippen LogP contribution in [0.3, 0.4) is 0 Å². The quantitative estimate of drug-likeness (QED) is 0.0184. The number of hydrogen-bond acceptors (Lipinski definition) is 27. The van der Waals surface area contributed by atoms with Crippen molar-refractivity contribution in [1.29, 1.82) is 0 Å². The second-order valence-corrected chi connectivity index (χ2v) is 32.5. The molecule has 8 rings (SSSR count). The number of nitrogens with two attached hydrogens (primary N) is 1. The van der Waals surface area contributed by atoms with Gasteiger partial charge in [-0.05, 0) is 237 Å². The number of aldehydes is 2. The Labute approximate surface area is 699 Å². The van der Waals surface area contributed by atoms with E-state index < -0.39 is 40.3 Å². The van der Waals surface area contributed by atoms with Gasteiger partial charge in [-0.2, -0.15) is 0 Å². The van der Waals surface area contributed by atoms with Gasteiger partial charge in [0, 0.05) is 95.4 Å². The summed E-state index contributed by atoms with van der Waals surface area (Å²) in [5.41, 5.74) is 5.41. The smallest absolute Gasteiger partial charge is 0.870 e. The molecule has 0 aromatic heterocycles. The number of carbonyl (C=O) groups is 11. The van der Waals surface area contributed by atoms with Crippen LogP contribution in [0.5, 0.6) is 0 Å². The Morgan fingerprint density at radius 1 is 0.491 bits per heavy atom. The number of carboxylic acids is 1. The number of benzene rings is 1. The van der Waals surface area contributed by atoms with E-state index in [2.05, 4.69) is 60.8 Å². The van der Waals surface area contributed by atoms with E-state index in [1.165, 1.54) is 26.9 Å². The summed E-state index contributed by atoms with van der Waals surface area (Å²) in [6.07, 6.45) is 21.4. The van der Waals surface area contributed by atoms with Gasteiger partial charge in [-0.25, -0.2) is 29.7 Å². The van der Waals surface area contributed by atoms with Gasteiger partial charge in [-0.15, -0.1) is 0 Å². The number of esters is 3. The molecule has 0 saturated carbocycles. The van der Waals surface area contributed by atoms with Gasteiger partial charge in [0.2, 0.25) is 0 Å². The van der Waals surface area contributed by atoms with Crippen molar-refractivity contribution in [2.24, 2.45) is 29.4 Å². The minimum Gasteiger partial charge on any atom is -0.870 e. The van der Waals surface area contributed by atoms with Crippen LogP contribution < -0.4 is 46.8 Å². The fraction of sp³-hybridized carbons (Fsp3) is 0.762. The van der Waals surface area contributed by atoms with Crippen molar-refractivity contribution in [2.75, 3.05) is 99.9 Å². The number of carbonyl (C=O) groups excluding carboxylic acids is 9. The van der Waals surface area contributed by atoms with E-state index in [0.29, 0.717) is 36.7 Å². The number of piperidine rings is 2. The maximum Gasteiger partial charge on any atom is 1.00 e. The molecule has 4 amide bonds. The average molecular weight is 1640 g/mol. The topological polar surface area (TPSA) is 465 Å². The molecule has 114 heavy (non-hydrogen) atoms. The van der Waals surface area contributed by atoms with Gasteiger partial charge in [-0.3, -0.25) is 24.0 Å². The molecule has 7 aliphatic rings. The Bertz CT molecular complexity index is 2880. The maximum absolute atomic E-state index is 12.2. The molecule has 1 aromatic carbocycles. The molecular formula is C80H142N9NaO24. The van der Waals surface area contributed by atoms with Gasteiger partial charge in [0.15, 0.2) is 0 Å². The minimum atomic E-state index is -0.665. The number of hydrogen-bond donors (Lipinski definition) is 7. The van der Waals surface area contributed by atoms with Crippen LogP contribution in [-0.2, 0) is 71.8 Å². The van der Waals surface area contributed by atoms with E-state index in [9.17, 15) is 47.9 Å². The van der Waals surface area contributed by atoms with E-state index in [1.54, 1.807) is 4.90 Å². The van der Waals surface area contributed by atoms with Gasteiger partial charge in [0.1, 0.15) is 35.0 Å². The number of aliphatic carboxylic acids is 1. The third-order valence-corrected chi connectivity index (χ3v) is 19.1.